The molecule has 0 bridgehead atoms. The molecule has 17 heteroatoms. The van der Waals surface area contributed by atoms with Crippen molar-refractivity contribution in [3.8, 4) is 16.9 Å². The number of hydrogen-bond donors (Lipinski definition) is 8. The number of nitrogens with one attached hydrogen (secondary N) is 2. The van der Waals surface area contributed by atoms with Gasteiger partial charge in [0.1, 0.15) is 29.7 Å². The highest BCUT2D eigenvalue weighted by atomic mass is 35.5. The summed E-state index contributed by atoms with van der Waals surface area (Å²) < 4.78 is 42.5. The number of ether oxygens (including phenoxy) is 2. The number of pyridine rings is 1. The summed E-state index contributed by atoms with van der Waals surface area (Å²) in [4.78, 5) is 12.2. The van der Waals surface area contributed by atoms with Gasteiger partial charge >= 0.3 is 6.03 Å². The Morgan fingerprint density at radius 2 is 1.74 bits per heavy atom. The van der Waals surface area contributed by atoms with Gasteiger partial charge in [-0.05, 0) is 68.4 Å². The summed E-state index contributed by atoms with van der Waals surface area (Å²) in [6, 6.07) is 13.5. The van der Waals surface area contributed by atoms with Crippen LogP contribution in [0.3, 0.4) is 0 Å². The molecule has 1 heterocycles. The number of urea groups is 1. The lowest BCUT2D eigenvalue weighted by molar-refractivity contribution is -0.905. The lowest BCUT2D eigenvalue weighted by Crippen LogP contribution is -2.50. The molecule has 296 valence electrons. The summed E-state index contributed by atoms with van der Waals surface area (Å²) in [5.41, 5.74) is 2.33. The molecule has 2 aliphatic rings. The summed E-state index contributed by atoms with van der Waals surface area (Å²) in [5, 5.41) is 63.5. The Bertz CT molecular complexity index is 1840. The predicted octanol–water partition coefficient (Wildman–Crippen LogP) is 1.80. The topological polar surface area (TPSA) is 222 Å². The molecule has 2 fully saturated rings. The fourth-order valence-electron chi connectivity index (χ4n) is 6.04. The van der Waals surface area contributed by atoms with Crippen molar-refractivity contribution in [2.45, 2.75) is 93.1 Å². The Hall–Kier alpha value is -3.58. The van der Waals surface area contributed by atoms with E-state index in [-0.39, 0.29) is 37.2 Å². The minimum Gasteiger partial charge on any atom is -0.490 e. The maximum Gasteiger partial charge on any atom is 0.314 e. The smallest absolute Gasteiger partial charge is 0.314 e. The van der Waals surface area contributed by atoms with Crippen molar-refractivity contribution in [3.63, 3.8) is 0 Å². The van der Waals surface area contributed by atoms with E-state index in [9.17, 15) is 38.8 Å². The van der Waals surface area contributed by atoms with Crippen LogP contribution in [0.25, 0.3) is 11.1 Å². The van der Waals surface area contributed by atoms with Crippen LogP contribution in [0.1, 0.15) is 56.6 Å². The lowest BCUT2D eigenvalue weighted by atomic mass is 9.96. The lowest BCUT2D eigenvalue weighted by Gasteiger charge is -2.25. The van der Waals surface area contributed by atoms with E-state index in [4.69, 9.17) is 26.2 Å². The van der Waals surface area contributed by atoms with Gasteiger partial charge in [-0.15, -0.1) is 0 Å². The van der Waals surface area contributed by atoms with Crippen molar-refractivity contribution in [2.24, 2.45) is 0 Å². The van der Waals surface area contributed by atoms with Crippen LogP contribution in [0.4, 0.5) is 4.79 Å². The predicted molar refractivity (Wildman–Crippen MR) is 196 cm³/mol. The van der Waals surface area contributed by atoms with Crippen LogP contribution in [0.2, 0.25) is 5.02 Å². The number of benzene rings is 2. The zero-order chi connectivity index (χ0) is 39.0. The first-order valence-electron chi connectivity index (χ1n) is 18.1. The Balaban J connectivity index is 1.16. The van der Waals surface area contributed by atoms with Gasteiger partial charge in [0.25, 0.3) is 0 Å². The van der Waals surface area contributed by atoms with Crippen LogP contribution in [-0.4, -0.2) is 113 Å². The summed E-state index contributed by atoms with van der Waals surface area (Å²) in [6.45, 7) is 1.09. The normalized spacial score (nSPS) is 17.4. The zero-order valence-corrected chi connectivity index (χ0v) is 31.6. The Morgan fingerprint density at radius 1 is 1.02 bits per heavy atom. The molecule has 0 radical (unpaired) electrons. The highest BCUT2D eigenvalue weighted by molar-refractivity contribution is 7.89. The Kier molecular flexibility index (Phi) is 14.1. The number of carbonyl (C=O) groups is 1. The molecule has 0 aliphatic heterocycles. The van der Waals surface area contributed by atoms with Crippen molar-refractivity contribution in [1.82, 2.24) is 14.9 Å². The van der Waals surface area contributed by atoms with Gasteiger partial charge in [0.05, 0.1) is 35.9 Å². The molecule has 4 atom stereocenters. The van der Waals surface area contributed by atoms with Crippen LogP contribution in [-0.2, 0) is 27.0 Å². The highest BCUT2D eigenvalue weighted by Gasteiger charge is 2.49. The second-order valence-electron chi connectivity index (χ2n) is 13.6. The van der Waals surface area contributed by atoms with Crippen LogP contribution < -0.4 is 20.1 Å². The molecule has 0 saturated heterocycles. The number of para-hydroxylation sites is 1. The van der Waals surface area contributed by atoms with Crippen LogP contribution in [0, 0.1) is 0 Å². The number of hydrogen-bond acceptors (Lipinski definition) is 11. The molecule has 1 aromatic heterocycles. The van der Waals surface area contributed by atoms with Gasteiger partial charge in [-0.1, -0.05) is 36.7 Å². The Morgan fingerprint density at radius 3 is 2.43 bits per heavy atom. The molecule has 4 unspecified atom stereocenters. The molecule has 5 rings (SSSR count). The van der Waals surface area contributed by atoms with Gasteiger partial charge < -0.3 is 45.6 Å². The molecular weight excluding hydrogens is 744 g/mol. The van der Waals surface area contributed by atoms with Crippen LogP contribution >= 0.6 is 11.6 Å². The number of aromatic nitrogens is 1. The Labute approximate surface area is 319 Å². The molecule has 15 nitrogen and oxygen atoms in total. The van der Waals surface area contributed by atoms with Gasteiger partial charge in [-0.25, -0.2) is 13.2 Å². The van der Waals surface area contributed by atoms with E-state index >= 15 is 0 Å². The largest absolute Gasteiger partial charge is 0.490 e. The average molecular weight is 794 g/mol. The monoisotopic (exact) mass is 793 g/mol. The number of carbonyl (C=O) groups excluding carboxylic acids is 1. The van der Waals surface area contributed by atoms with Gasteiger partial charge in [-0.3, -0.25) is 5.21 Å². The number of nitrogens with zero attached hydrogens (tertiary/aromatic N) is 2. The first-order chi connectivity index (χ1) is 25.8. The van der Waals surface area contributed by atoms with E-state index < -0.39 is 59.2 Å². The van der Waals surface area contributed by atoms with Crippen molar-refractivity contribution in [1.29, 1.82) is 0 Å². The van der Waals surface area contributed by atoms with E-state index in [2.05, 4.69) is 10.6 Å². The van der Waals surface area contributed by atoms with Crippen LogP contribution in [0.5, 0.6) is 5.75 Å². The standard InChI is InChI=1S/C37H49ClN4O11S/c1-2-42(17-6-5-16-39-36(48)40-20-31(44)34(46)35(47)32(45)22-43)54(50,51)26-11-12-30(38)24(19-26)23-52-37(14-15-37)29-21-41(49)18-13-27(29)28-7-3-4-8-33(28)53-25-9-10-25/h3-4,7-8,11-13,18-19,21,25,31-32,34-35,43-47H,2,5-6,9-10,14-17,20,22-23H2,1H3,(H2-,39,40,48,49)/p+1. The van der Waals surface area contributed by atoms with Crippen molar-refractivity contribution in [2.75, 3.05) is 32.8 Å². The fraction of sp³-hybridized carbons (Fsp3) is 0.514. The maximum absolute atomic E-state index is 13.7. The second-order valence-corrected chi connectivity index (χ2v) is 16.0. The highest BCUT2D eigenvalue weighted by Crippen LogP contribution is 2.53. The minimum absolute atomic E-state index is 0.0310. The van der Waals surface area contributed by atoms with Crippen LogP contribution in [0.15, 0.2) is 65.8 Å². The third-order valence-electron chi connectivity index (χ3n) is 9.56. The molecule has 2 saturated carbocycles. The number of aliphatic hydroxyl groups is 5. The molecule has 2 aliphatic carbocycles. The third-order valence-corrected chi connectivity index (χ3v) is 11.9. The van der Waals surface area contributed by atoms with Gasteiger partial charge in [0.2, 0.25) is 22.4 Å². The second kappa shape index (κ2) is 18.4. The molecular formula is C37H50ClN4O11S+. The maximum atomic E-state index is 13.7. The number of aliphatic hydroxyl groups excluding tert-OH is 5. The van der Waals surface area contributed by atoms with Gasteiger partial charge in [0, 0.05) is 53.1 Å². The molecule has 8 N–H and O–H groups in total. The number of rotatable bonds is 21. The number of halogens is 1. The molecule has 2 aromatic carbocycles. The van der Waals surface area contributed by atoms with Crippen molar-refractivity contribution < 1.29 is 58.2 Å². The summed E-state index contributed by atoms with van der Waals surface area (Å²) in [5.74, 6) is 0.764. The van der Waals surface area contributed by atoms with E-state index in [0.717, 1.165) is 40.0 Å². The number of amides is 2. The summed E-state index contributed by atoms with van der Waals surface area (Å²) >= 11 is 6.57. The van der Waals surface area contributed by atoms with Gasteiger partial charge in [-0.2, -0.15) is 4.31 Å². The molecule has 0 spiro atoms. The summed E-state index contributed by atoms with van der Waals surface area (Å²) in [7, 11) is -3.92. The summed E-state index contributed by atoms with van der Waals surface area (Å²) in [6.07, 6.45) is 0.799. The zero-order valence-electron chi connectivity index (χ0n) is 30.1. The number of unbranched alkanes of at least 4 members (excludes halogenated alkanes) is 1. The molecule has 54 heavy (non-hydrogen) atoms. The van der Waals surface area contributed by atoms with Crippen molar-refractivity contribution >= 4 is 27.7 Å². The van der Waals surface area contributed by atoms with E-state index in [1.54, 1.807) is 19.3 Å². The van der Waals surface area contributed by atoms with E-state index in [1.807, 2.05) is 30.3 Å². The average Bonchev–Trinajstić information content (AvgIpc) is 4.11. The molecule has 2 amide bonds. The first-order valence-corrected chi connectivity index (χ1v) is 19.9. The first kappa shape index (κ1) is 41.6. The van der Waals surface area contributed by atoms with Crippen molar-refractivity contribution in [3.05, 3.63) is 77.1 Å². The fourth-order valence-corrected chi connectivity index (χ4v) is 7.75. The SMILES string of the molecule is CCN(CCCCNC(=O)NCC(O)C(O)C(O)C(O)CO)S(=O)(=O)c1ccc(Cl)c(COC2(c3c[n+](O)ccc3-c3ccccc3OC3CC3)CC2)c1. The van der Waals surface area contributed by atoms with E-state index in [0.29, 0.717) is 36.3 Å². The quantitative estimate of drug-likeness (QED) is 0.0442. The minimum atomic E-state index is -3.92. The third kappa shape index (κ3) is 10.4. The number of sulfonamides is 1. The van der Waals surface area contributed by atoms with Gasteiger partial charge in [0.15, 0.2) is 0 Å². The molecule has 3 aromatic rings. The van der Waals surface area contributed by atoms with E-state index in [1.165, 1.54) is 22.5 Å².